The lowest BCUT2D eigenvalue weighted by atomic mass is 9.89. The van der Waals surface area contributed by atoms with E-state index in [2.05, 4.69) is 50.2 Å². The summed E-state index contributed by atoms with van der Waals surface area (Å²) < 4.78 is 0. The van der Waals surface area contributed by atoms with Crippen molar-refractivity contribution in [2.45, 2.75) is 60.4 Å². The van der Waals surface area contributed by atoms with Crippen molar-refractivity contribution < 1.29 is 5.11 Å². The molecule has 122 valence electrons. The highest BCUT2D eigenvalue weighted by molar-refractivity contribution is 14.0. The van der Waals surface area contributed by atoms with E-state index in [1.54, 1.807) is 0 Å². The topological polar surface area (TPSA) is 56.7 Å². The maximum atomic E-state index is 9.02. The van der Waals surface area contributed by atoms with Crippen molar-refractivity contribution in [1.29, 1.82) is 0 Å². The summed E-state index contributed by atoms with van der Waals surface area (Å²) in [5.74, 6) is 1.06. The number of rotatable bonds is 7. The fraction of sp³-hybridized carbons (Fsp3) is 0.933. The van der Waals surface area contributed by atoms with Crippen molar-refractivity contribution in [2.24, 2.45) is 16.3 Å². The number of aliphatic hydroxyl groups is 1. The Hall–Kier alpha value is -0.0400. The summed E-state index contributed by atoms with van der Waals surface area (Å²) in [7, 11) is 0. The first-order valence-electron chi connectivity index (χ1n) is 7.44. The smallest absolute Gasteiger partial charge is 0.191 e. The maximum absolute atomic E-state index is 9.02. The molecule has 0 saturated carbocycles. The zero-order valence-electron chi connectivity index (χ0n) is 14.0. The molecule has 3 N–H and O–H groups in total. The van der Waals surface area contributed by atoms with Crippen LogP contribution in [0.3, 0.4) is 0 Å². The molecule has 20 heavy (non-hydrogen) atoms. The molecule has 0 rings (SSSR count). The fourth-order valence-corrected chi connectivity index (χ4v) is 1.58. The van der Waals surface area contributed by atoms with E-state index in [4.69, 9.17) is 5.11 Å². The first kappa shape index (κ1) is 22.2. The van der Waals surface area contributed by atoms with Gasteiger partial charge in [0.2, 0.25) is 0 Å². The van der Waals surface area contributed by atoms with Crippen molar-refractivity contribution in [2.75, 3.05) is 19.7 Å². The van der Waals surface area contributed by atoms with Gasteiger partial charge in [0.15, 0.2) is 5.96 Å². The highest BCUT2D eigenvalue weighted by Gasteiger charge is 2.13. The third-order valence-corrected chi connectivity index (χ3v) is 2.93. The third kappa shape index (κ3) is 13.0. The Morgan fingerprint density at radius 3 is 2.30 bits per heavy atom. The maximum Gasteiger partial charge on any atom is 0.191 e. The van der Waals surface area contributed by atoms with Gasteiger partial charge in [-0.3, -0.25) is 4.99 Å². The minimum atomic E-state index is 0. The van der Waals surface area contributed by atoms with Crippen molar-refractivity contribution >= 4 is 29.9 Å². The molecule has 0 aromatic heterocycles. The normalized spacial score (nSPS) is 15.2. The van der Waals surface area contributed by atoms with Gasteiger partial charge in [0.25, 0.3) is 0 Å². The van der Waals surface area contributed by atoms with Gasteiger partial charge in [-0.1, -0.05) is 27.7 Å². The van der Waals surface area contributed by atoms with Crippen molar-refractivity contribution in [3.8, 4) is 0 Å². The summed E-state index contributed by atoms with van der Waals surface area (Å²) in [6.07, 6.45) is 2.32. The van der Waals surface area contributed by atoms with Crippen LogP contribution < -0.4 is 10.6 Å². The average molecular weight is 399 g/mol. The molecule has 0 spiro atoms. The molecule has 0 heterocycles. The first-order valence-corrected chi connectivity index (χ1v) is 7.44. The summed E-state index contributed by atoms with van der Waals surface area (Å²) in [6.45, 7) is 14.7. The third-order valence-electron chi connectivity index (χ3n) is 2.93. The van der Waals surface area contributed by atoms with Crippen molar-refractivity contribution in [1.82, 2.24) is 10.6 Å². The highest BCUT2D eigenvalue weighted by Crippen LogP contribution is 2.21. The lowest BCUT2D eigenvalue weighted by molar-refractivity contribution is 0.241. The molecule has 4 nitrogen and oxygen atoms in total. The van der Waals surface area contributed by atoms with E-state index in [1.165, 1.54) is 6.42 Å². The van der Waals surface area contributed by atoms with Crippen LogP contribution >= 0.6 is 24.0 Å². The Bertz CT molecular complexity index is 264. The van der Waals surface area contributed by atoms with Crippen LogP contribution in [-0.2, 0) is 0 Å². The minimum Gasteiger partial charge on any atom is -0.396 e. The zero-order chi connectivity index (χ0) is 14.9. The molecule has 0 radical (unpaired) electrons. The van der Waals surface area contributed by atoms with Gasteiger partial charge in [0, 0.05) is 25.7 Å². The molecule has 0 aromatic carbocycles. The van der Waals surface area contributed by atoms with Crippen molar-refractivity contribution in [3.05, 3.63) is 0 Å². The Balaban J connectivity index is 0. The second kappa shape index (κ2) is 11.6. The summed E-state index contributed by atoms with van der Waals surface area (Å²) in [5, 5.41) is 15.7. The molecule has 2 atom stereocenters. The zero-order valence-corrected chi connectivity index (χ0v) is 16.3. The van der Waals surface area contributed by atoms with Gasteiger partial charge in [-0.25, -0.2) is 0 Å². The molecule has 2 unspecified atom stereocenters. The number of nitrogens with zero attached hydrogens (tertiary/aromatic N) is 1. The largest absolute Gasteiger partial charge is 0.396 e. The predicted molar refractivity (Wildman–Crippen MR) is 98.9 cm³/mol. The molecule has 0 bridgehead atoms. The summed E-state index contributed by atoms with van der Waals surface area (Å²) in [6, 6.07) is 0.404. The number of aliphatic imine (C=N–C) groups is 1. The minimum absolute atomic E-state index is 0. The Morgan fingerprint density at radius 1 is 1.25 bits per heavy atom. The van der Waals surface area contributed by atoms with Gasteiger partial charge in [0.05, 0.1) is 0 Å². The number of halogens is 1. The van der Waals surface area contributed by atoms with Crippen LogP contribution in [0.15, 0.2) is 4.99 Å². The van der Waals surface area contributed by atoms with Gasteiger partial charge in [-0.05, 0) is 38.0 Å². The highest BCUT2D eigenvalue weighted by atomic mass is 127. The van der Waals surface area contributed by atoms with E-state index in [9.17, 15) is 0 Å². The van der Waals surface area contributed by atoms with Crippen molar-refractivity contribution in [3.63, 3.8) is 0 Å². The standard InChI is InChI=1S/C15H33N3O.HI/c1-7-16-14(17-10-12(2)11-19)18-13(3)8-9-15(4,5)6;/h12-13,19H,7-11H2,1-6H3,(H2,16,17,18);1H. The van der Waals surface area contributed by atoms with Gasteiger partial charge in [-0.15, -0.1) is 24.0 Å². The van der Waals surface area contributed by atoms with Crippen LogP contribution in [0, 0.1) is 11.3 Å². The van der Waals surface area contributed by atoms with Gasteiger partial charge >= 0.3 is 0 Å². The SMILES string of the molecule is CCNC(=NCC(C)CO)NC(C)CCC(C)(C)C.I. The van der Waals surface area contributed by atoms with Crippen LogP contribution in [-0.4, -0.2) is 36.8 Å². The van der Waals surface area contributed by atoms with Gasteiger partial charge in [-0.2, -0.15) is 0 Å². The lowest BCUT2D eigenvalue weighted by Crippen LogP contribution is -2.42. The second-order valence-electron chi connectivity index (χ2n) is 6.65. The molecular weight excluding hydrogens is 365 g/mol. The van der Waals surface area contributed by atoms with E-state index in [-0.39, 0.29) is 36.5 Å². The quantitative estimate of drug-likeness (QED) is 0.351. The summed E-state index contributed by atoms with van der Waals surface area (Å²) in [4.78, 5) is 4.50. The molecule has 0 aliphatic heterocycles. The van der Waals surface area contributed by atoms with Crippen LogP contribution in [0.5, 0.6) is 0 Å². The molecule has 0 aliphatic rings. The summed E-state index contributed by atoms with van der Waals surface area (Å²) >= 11 is 0. The molecular formula is C15H34IN3O. The van der Waals surface area contributed by atoms with Crippen LogP contribution in [0.4, 0.5) is 0 Å². The molecule has 0 aliphatic carbocycles. The number of aliphatic hydroxyl groups excluding tert-OH is 1. The first-order chi connectivity index (χ1) is 8.78. The summed E-state index contributed by atoms with van der Waals surface area (Å²) in [5.41, 5.74) is 0.372. The van der Waals surface area contributed by atoms with Crippen LogP contribution in [0.1, 0.15) is 54.4 Å². The Morgan fingerprint density at radius 2 is 1.85 bits per heavy atom. The average Bonchev–Trinajstić information content (AvgIpc) is 2.32. The van der Waals surface area contributed by atoms with E-state index in [0.717, 1.165) is 18.9 Å². The van der Waals surface area contributed by atoms with E-state index < -0.39 is 0 Å². The van der Waals surface area contributed by atoms with Crippen LogP contribution in [0.25, 0.3) is 0 Å². The molecule has 5 heteroatoms. The molecule has 0 aromatic rings. The number of nitrogens with one attached hydrogen (secondary N) is 2. The molecule has 0 fully saturated rings. The predicted octanol–water partition coefficient (Wildman–Crippen LogP) is 3.00. The monoisotopic (exact) mass is 399 g/mol. The number of guanidine groups is 1. The Labute approximate surface area is 142 Å². The number of hydrogen-bond acceptors (Lipinski definition) is 2. The Kier molecular flexibility index (Phi) is 12.9. The second-order valence-corrected chi connectivity index (χ2v) is 6.65. The van der Waals surface area contributed by atoms with E-state index in [1.807, 2.05) is 6.92 Å². The molecule has 0 amide bonds. The van der Waals surface area contributed by atoms with E-state index in [0.29, 0.717) is 18.0 Å². The number of hydrogen-bond donors (Lipinski definition) is 3. The van der Waals surface area contributed by atoms with Gasteiger partial charge < -0.3 is 15.7 Å². The lowest BCUT2D eigenvalue weighted by Gasteiger charge is -2.23. The van der Waals surface area contributed by atoms with Crippen LogP contribution in [0.2, 0.25) is 0 Å². The fourth-order valence-electron chi connectivity index (χ4n) is 1.58. The molecule has 0 saturated heterocycles. The van der Waals surface area contributed by atoms with E-state index >= 15 is 0 Å². The van der Waals surface area contributed by atoms with Gasteiger partial charge in [0.1, 0.15) is 0 Å².